The van der Waals surface area contributed by atoms with E-state index in [1.807, 2.05) is 0 Å². The van der Waals surface area contributed by atoms with Crippen LogP contribution in [0.1, 0.15) is 6.42 Å². The van der Waals surface area contributed by atoms with E-state index in [1.54, 1.807) is 18.2 Å². The van der Waals surface area contributed by atoms with Gasteiger partial charge in [0.25, 0.3) is 0 Å². The Balaban J connectivity index is 2.50. The first-order valence-electron chi connectivity index (χ1n) is 4.55. The van der Waals surface area contributed by atoms with Crippen LogP contribution in [0.3, 0.4) is 0 Å². The number of carbonyl (C=O) groups excluding carboxylic acids is 1. The summed E-state index contributed by atoms with van der Waals surface area (Å²) < 4.78 is 6.32. The minimum atomic E-state index is -0.518. The maximum Gasteiger partial charge on any atom is 0.419 e. The van der Waals surface area contributed by atoms with Crippen LogP contribution in [-0.4, -0.2) is 9.81 Å². The van der Waals surface area contributed by atoms with Crippen molar-refractivity contribution >= 4 is 39.5 Å². The van der Waals surface area contributed by atoms with Crippen molar-refractivity contribution in [3.8, 4) is 0 Å². The largest absolute Gasteiger partial charge is 0.419 e. The fourth-order valence-electron chi connectivity index (χ4n) is 1.45. The Morgan fingerprint density at radius 2 is 2.19 bits per heavy atom. The van der Waals surface area contributed by atoms with Crippen molar-refractivity contribution in [1.29, 1.82) is 0 Å². The van der Waals surface area contributed by atoms with Crippen LogP contribution < -0.4 is 5.76 Å². The molecule has 0 radical (unpaired) electrons. The summed E-state index contributed by atoms with van der Waals surface area (Å²) in [6, 6.07) is 4.85. The highest BCUT2D eigenvalue weighted by atomic mass is 35.5. The summed E-state index contributed by atoms with van der Waals surface area (Å²) in [6.45, 7) is 0.189. The minimum Gasteiger partial charge on any atom is -0.408 e. The summed E-state index contributed by atoms with van der Waals surface area (Å²) in [7, 11) is 0. The maximum atomic E-state index is 11.5. The summed E-state index contributed by atoms with van der Waals surface area (Å²) in [6.07, 6.45) is 0.0720. The summed E-state index contributed by atoms with van der Waals surface area (Å²) in [5.74, 6) is -0.518. The van der Waals surface area contributed by atoms with E-state index in [-0.39, 0.29) is 13.0 Å². The molecule has 0 amide bonds. The molecule has 84 valence electrons. The summed E-state index contributed by atoms with van der Waals surface area (Å²) >= 11 is 11.0. The van der Waals surface area contributed by atoms with Crippen molar-refractivity contribution in [1.82, 2.24) is 4.57 Å². The van der Waals surface area contributed by atoms with Crippen LogP contribution in [0.5, 0.6) is 0 Å². The third-order valence-corrected chi connectivity index (χ3v) is 2.59. The third kappa shape index (κ3) is 2.13. The second kappa shape index (κ2) is 4.31. The Hall–Kier alpha value is -1.26. The number of fused-ring (bicyclic) bond motifs is 1. The lowest BCUT2D eigenvalue weighted by atomic mass is 10.3. The predicted molar refractivity (Wildman–Crippen MR) is 61.0 cm³/mol. The van der Waals surface area contributed by atoms with Crippen LogP contribution in [0.4, 0.5) is 0 Å². The molecule has 0 spiro atoms. The number of rotatable bonds is 3. The van der Waals surface area contributed by atoms with Crippen molar-refractivity contribution in [3.63, 3.8) is 0 Å². The molecule has 0 aliphatic rings. The van der Waals surface area contributed by atoms with Gasteiger partial charge in [0.1, 0.15) is 0 Å². The smallest absolute Gasteiger partial charge is 0.408 e. The van der Waals surface area contributed by atoms with E-state index < -0.39 is 11.0 Å². The van der Waals surface area contributed by atoms with Crippen molar-refractivity contribution in [2.24, 2.45) is 0 Å². The molecule has 2 rings (SSSR count). The van der Waals surface area contributed by atoms with Gasteiger partial charge in [0.15, 0.2) is 5.58 Å². The average Bonchev–Trinajstić information content (AvgIpc) is 2.51. The van der Waals surface area contributed by atoms with E-state index in [4.69, 9.17) is 27.6 Å². The predicted octanol–water partition coefficient (Wildman–Crippen LogP) is 2.40. The van der Waals surface area contributed by atoms with Gasteiger partial charge in [0, 0.05) is 18.0 Å². The molecule has 0 saturated heterocycles. The summed E-state index contributed by atoms with van der Waals surface area (Å²) in [5.41, 5.74) is 1.01. The summed E-state index contributed by atoms with van der Waals surface area (Å²) in [5, 5.41) is 0.00234. The second-order valence-corrected chi connectivity index (χ2v) is 4.09. The van der Waals surface area contributed by atoms with Crippen LogP contribution in [0.25, 0.3) is 11.1 Å². The quantitative estimate of drug-likeness (QED) is 0.796. The molecule has 1 aromatic heterocycles. The molecule has 0 aliphatic heterocycles. The Morgan fingerprint density at radius 3 is 2.88 bits per heavy atom. The third-order valence-electron chi connectivity index (χ3n) is 2.16. The Morgan fingerprint density at radius 1 is 1.44 bits per heavy atom. The molecule has 0 atom stereocenters. The molecule has 0 aliphatic carbocycles. The first-order chi connectivity index (χ1) is 7.58. The van der Waals surface area contributed by atoms with Crippen LogP contribution in [0, 0.1) is 0 Å². The van der Waals surface area contributed by atoms with Crippen LogP contribution in [-0.2, 0) is 11.3 Å². The topological polar surface area (TPSA) is 52.2 Å². The number of hydrogen-bond donors (Lipinski definition) is 0. The number of halogens is 2. The Kier molecular flexibility index (Phi) is 3.03. The average molecular weight is 260 g/mol. The highest BCUT2D eigenvalue weighted by Gasteiger charge is 2.10. The lowest BCUT2D eigenvalue weighted by Gasteiger charge is -1.98. The van der Waals surface area contributed by atoms with Gasteiger partial charge < -0.3 is 4.42 Å². The highest BCUT2D eigenvalue weighted by molar-refractivity contribution is 6.63. The van der Waals surface area contributed by atoms with Gasteiger partial charge in [-0.25, -0.2) is 4.79 Å². The zero-order valence-electron chi connectivity index (χ0n) is 8.07. The maximum absolute atomic E-state index is 11.5. The van der Waals surface area contributed by atoms with Crippen molar-refractivity contribution < 1.29 is 9.21 Å². The molecule has 0 N–H and O–H groups in total. The van der Waals surface area contributed by atoms with E-state index in [1.165, 1.54) is 4.57 Å². The highest BCUT2D eigenvalue weighted by Crippen LogP contribution is 2.18. The number of nitrogens with zero attached hydrogens (tertiary/aromatic N) is 1. The molecule has 1 aromatic carbocycles. The fraction of sp³-hybridized carbons (Fsp3) is 0.200. The van der Waals surface area contributed by atoms with Gasteiger partial charge >= 0.3 is 5.76 Å². The molecule has 0 fully saturated rings. The second-order valence-electron chi connectivity index (χ2n) is 3.24. The van der Waals surface area contributed by atoms with Gasteiger partial charge in [0.2, 0.25) is 5.24 Å². The number of hydrogen-bond acceptors (Lipinski definition) is 3. The van der Waals surface area contributed by atoms with Crippen LogP contribution in [0.2, 0.25) is 5.02 Å². The number of aromatic nitrogens is 1. The van der Waals surface area contributed by atoms with E-state index in [2.05, 4.69) is 0 Å². The van der Waals surface area contributed by atoms with Gasteiger partial charge in [-0.15, -0.1) is 0 Å². The van der Waals surface area contributed by atoms with Crippen molar-refractivity contribution in [3.05, 3.63) is 33.8 Å². The standard InChI is InChI=1S/C10H7Cl2NO3/c11-6-1-2-8-7(5-6)13(10(15)16-8)4-3-9(12)14/h1-2,5H,3-4H2. The van der Waals surface area contributed by atoms with Gasteiger partial charge in [-0.05, 0) is 29.8 Å². The van der Waals surface area contributed by atoms with Crippen molar-refractivity contribution in [2.45, 2.75) is 13.0 Å². The van der Waals surface area contributed by atoms with E-state index in [0.717, 1.165) is 0 Å². The molecule has 6 heteroatoms. The number of aryl methyl sites for hydroxylation is 1. The van der Waals surface area contributed by atoms with Gasteiger partial charge in [-0.1, -0.05) is 11.6 Å². The molecule has 16 heavy (non-hydrogen) atoms. The van der Waals surface area contributed by atoms with Gasteiger partial charge in [0.05, 0.1) is 5.52 Å². The molecule has 0 saturated carbocycles. The molecular weight excluding hydrogens is 253 g/mol. The number of oxazole rings is 1. The van der Waals surface area contributed by atoms with E-state index >= 15 is 0 Å². The molecule has 1 heterocycles. The lowest BCUT2D eigenvalue weighted by Crippen LogP contribution is -2.15. The first-order valence-corrected chi connectivity index (χ1v) is 5.31. The van der Waals surface area contributed by atoms with E-state index in [0.29, 0.717) is 16.1 Å². The Labute approximate surface area is 100 Å². The molecule has 4 nitrogen and oxygen atoms in total. The zero-order valence-corrected chi connectivity index (χ0v) is 9.59. The SMILES string of the molecule is O=C(Cl)CCn1c(=O)oc2ccc(Cl)cc21. The molecule has 0 unspecified atom stereocenters. The number of carbonyl (C=O) groups is 1. The molecular formula is C10H7Cl2NO3. The molecule has 0 bridgehead atoms. The first kappa shape index (κ1) is 11.2. The lowest BCUT2D eigenvalue weighted by molar-refractivity contribution is -0.111. The zero-order chi connectivity index (χ0) is 11.7. The molecule has 2 aromatic rings. The minimum absolute atomic E-state index is 0.0720. The van der Waals surface area contributed by atoms with Crippen molar-refractivity contribution in [2.75, 3.05) is 0 Å². The van der Waals surface area contributed by atoms with Crippen LogP contribution in [0.15, 0.2) is 27.4 Å². The van der Waals surface area contributed by atoms with E-state index in [9.17, 15) is 9.59 Å². The van der Waals surface area contributed by atoms with Gasteiger partial charge in [-0.2, -0.15) is 0 Å². The monoisotopic (exact) mass is 259 g/mol. The van der Waals surface area contributed by atoms with Crippen LogP contribution >= 0.6 is 23.2 Å². The van der Waals surface area contributed by atoms with Gasteiger partial charge in [-0.3, -0.25) is 9.36 Å². The number of benzene rings is 1. The Bertz CT molecular complexity index is 600. The normalized spacial score (nSPS) is 10.9. The summed E-state index contributed by atoms with van der Waals surface area (Å²) in [4.78, 5) is 22.1. The fourth-order valence-corrected chi connectivity index (χ4v) is 1.70.